The second-order valence-corrected chi connectivity index (χ2v) is 6.47. The molecule has 0 saturated heterocycles. The minimum Gasteiger partial charge on any atom is -0.357 e. The average Bonchev–Trinajstić information content (AvgIpc) is 3.19. The van der Waals surface area contributed by atoms with Gasteiger partial charge in [0.25, 0.3) is 0 Å². The first-order valence-corrected chi connectivity index (χ1v) is 8.50. The molecule has 24 heavy (non-hydrogen) atoms. The summed E-state index contributed by atoms with van der Waals surface area (Å²) in [5.74, 6) is 1.93. The summed E-state index contributed by atoms with van der Waals surface area (Å²) in [7, 11) is 3.64. The van der Waals surface area contributed by atoms with Crippen molar-refractivity contribution in [1.29, 1.82) is 0 Å². The molecule has 2 rings (SSSR count). The van der Waals surface area contributed by atoms with Crippen molar-refractivity contribution in [3.05, 3.63) is 11.7 Å². The van der Waals surface area contributed by atoms with E-state index in [4.69, 9.17) is 4.52 Å². The number of guanidine groups is 1. The number of hydrogen-bond donors (Lipinski definition) is 2. The quantitative estimate of drug-likeness (QED) is 0.596. The SMILES string of the molecule is CCNC(=NCc1noc(C)n1)NCC1(C(=O)N(C)C)CCCC1. The van der Waals surface area contributed by atoms with Crippen LogP contribution in [0.15, 0.2) is 9.52 Å². The van der Waals surface area contributed by atoms with Crippen LogP contribution in [0, 0.1) is 12.3 Å². The van der Waals surface area contributed by atoms with E-state index in [9.17, 15) is 4.79 Å². The molecule has 1 aromatic heterocycles. The molecule has 2 N–H and O–H groups in total. The lowest BCUT2D eigenvalue weighted by Crippen LogP contribution is -2.49. The maximum absolute atomic E-state index is 12.6. The standard InChI is InChI=1S/C16H28N6O2/c1-5-17-15(18-10-13-20-12(2)24-21-13)19-11-16(8-6-7-9-16)14(23)22(3)4/h5-11H2,1-4H3,(H2,17,18,19). The summed E-state index contributed by atoms with van der Waals surface area (Å²) in [5.41, 5.74) is -0.331. The number of amides is 1. The second-order valence-electron chi connectivity index (χ2n) is 6.47. The van der Waals surface area contributed by atoms with Gasteiger partial charge in [0.05, 0.1) is 5.41 Å². The van der Waals surface area contributed by atoms with Gasteiger partial charge in [-0.1, -0.05) is 18.0 Å². The lowest BCUT2D eigenvalue weighted by atomic mass is 9.84. The van der Waals surface area contributed by atoms with Crippen LogP contribution in [0.4, 0.5) is 0 Å². The molecule has 0 aromatic carbocycles. The van der Waals surface area contributed by atoms with Crippen molar-refractivity contribution in [2.24, 2.45) is 10.4 Å². The smallest absolute Gasteiger partial charge is 0.230 e. The minimum absolute atomic E-state index is 0.192. The third kappa shape index (κ3) is 4.46. The van der Waals surface area contributed by atoms with Crippen LogP contribution in [0.2, 0.25) is 0 Å². The van der Waals surface area contributed by atoms with Crippen LogP contribution in [0.25, 0.3) is 0 Å². The monoisotopic (exact) mass is 336 g/mol. The van der Waals surface area contributed by atoms with Gasteiger partial charge in [0, 0.05) is 34.1 Å². The second kappa shape index (κ2) is 8.12. The van der Waals surface area contributed by atoms with Crippen LogP contribution in [0.5, 0.6) is 0 Å². The zero-order chi connectivity index (χ0) is 17.6. The molecule has 1 fully saturated rings. The first kappa shape index (κ1) is 18.2. The Morgan fingerprint density at radius 3 is 2.58 bits per heavy atom. The fraction of sp³-hybridized carbons (Fsp3) is 0.750. The van der Waals surface area contributed by atoms with E-state index in [1.807, 2.05) is 21.0 Å². The number of carbonyl (C=O) groups is 1. The number of hydrogen-bond acceptors (Lipinski definition) is 5. The number of nitrogens with zero attached hydrogens (tertiary/aromatic N) is 4. The third-order valence-electron chi connectivity index (χ3n) is 4.31. The molecule has 8 heteroatoms. The third-order valence-corrected chi connectivity index (χ3v) is 4.31. The van der Waals surface area contributed by atoms with Gasteiger partial charge in [-0.2, -0.15) is 4.98 Å². The van der Waals surface area contributed by atoms with Crippen LogP contribution in [0.3, 0.4) is 0 Å². The van der Waals surface area contributed by atoms with Crippen LogP contribution in [-0.4, -0.2) is 54.1 Å². The first-order valence-electron chi connectivity index (χ1n) is 8.50. The predicted octanol–water partition coefficient (Wildman–Crippen LogP) is 1.08. The first-order chi connectivity index (χ1) is 11.5. The van der Waals surface area contributed by atoms with E-state index >= 15 is 0 Å². The fourth-order valence-corrected chi connectivity index (χ4v) is 3.14. The highest BCUT2D eigenvalue weighted by atomic mass is 16.5. The summed E-state index contributed by atoms with van der Waals surface area (Å²) >= 11 is 0. The molecule has 0 aliphatic heterocycles. The molecule has 1 amide bonds. The van der Waals surface area contributed by atoms with Gasteiger partial charge in [-0.05, 0) is 19.8 Å². The zero-order valence-corrected chi connectivity index (χ0v) is 15.1. The molecule has 0 bridgehead atoms. The molecular weight excluding hydrogens is 308 g/mol. The fourth-order valence-electron chi connectivity index (χ4n) is 3.14. The summed E-state index contributed by atoms with van der Waals surface area (Å²) in [6.45, 7) is 5.42. The normalized spacial score (nSPS) is 16.9. The molecule has 1 aromatic rings. The molecule has 0 unspecified atom stereocenters. The highest BCUT2D eigenvalue weighted by Crippen LogP contribution is 2.38. The van der Waals surface area contributed by atoms with Gasteiger partial charge in [-0.25, -0.2) is 4.99 Å². The zero-order valence-electron chi connectivity index (χ0n) is 15.1. The van der Waals surface area contributed by atoms with Crippen molar-refractivity contribution < 1.29 is 9.32 Å². The molecular formula is C16H28N6O2. The number of nitrogens with one attached hydrogen (secondary N) is 2. The van der Waals surface area contributed by atoms with Gasteiger partial charge >= 0.3 is 0 Å². The molecule has 1 aliphatic carbocycles. The van der Waals surface area contributed by atoms with Crippen molar-refractivity contribution in [3.63, 3.8) is 0 Å². The number of aliphatic imine (C=N–C) groups is 1. The maximum Gasteiger partial charge on any atom is 0.230 e. The van der Waals surface area contributed by atoms with Gasteiger partial charge in [-0.15, -0.1) is 0 Å². The highest BCUT2D eigenvalue weighted by molar-refractivity contribution is 5.85. The van der Waals surface area contributed by atoms with Gasteiger partial charge in [-0.3, -0.25) is 4.79 Å². The Labute approximate surface area is 143 Å². The molecule has 8 nitrogen and oxygen atoms in total. The van der Waals surface area contributed by atoms with E-state index in [-0.39, 0.29) is 11.3 Å². The van der Waals surface area contributed by atoms with E-state index in [0.717, 1.165) is 32.2 Å². The Morgan fingerprint density at radius 1 is 1.33 bits per heavy atom. The Bertz CT molecular complexity index is 575. The predicted molar refractivity (Wildman–Crippen MR) is 91.4 cm³/mol. The van der Waals surface area contributed by atoms with E-state index in [0.29, 0.717) is 30.8 Å². The van der Waals surface area contributed by atoms with Gasteiger partial charge < -0.3 is 20.1 Å². The molecule has 0 radical (unpaired) electrons. The van der Waals surface area contributed by atoms with Crippen molar-refractivity contribution in [1.82, 2.24) is 25.7 Å². The highest BCUT2D eigenvalue weighted by Gasteiger charge is 2.42. The number of aromatic nitrogens is 2. The van der Waals surface area contributed by atoms with Crippen LogP contribution < -0.4 is 10.6 Å². The summed E-state index contributed by atoms with van der Waals surface area (Å²) < 4.78 is 4.95. The molecule has 134 valence electrons. The van der Waals surface area contributed by atoms with Crippen LogP contribution in [0.1, 0.15) is 44.3 Å². The van der Waals surface area contributed by atoms with Crippen molar-refractivity contribution in [2.45, 2.75) is 46.1 Å². The Morgan fingerprint density at radius 2 is 2.04 bits per heavy atom. The number of aryl methyl sites for hydroxylation is 1. The number of carbonyl (C=O) groups excluding carboxylic acids is 1. The van der Waals surface area contributed by atoms with E-state index in [2.05, 4.69) is 25.8 Å². The van der Waals surface area contributed by atoms with Crippen molar-refractivity contribution in [3.8, 4) is 0 Å². The largest absolute Gasteiger partial charge is 0.357 e. The average molecular weight is 336 g/mol. The molecule has 1 aliphatic rings. The van der Waals surface area contributed by atoms with Gasteiger partial charge in [0.2, 0.25) is 11.8 Å². The van der Waals surface area contributed by atoms with Crippen molar-refractivity contribution >= 4 is 11.9 Å². The topological polar surface area (TPSA) is 95.6 Å². The lowest BCUT2D eigenvalue weighted by molar-refractivity contribution is -0.138. The van der Waals surface area contributed by atoms with Gasteiger partial charge in [0.15, 0.2) is 11.8 Å². The Kier molecular flexibility index (Phi) is 6.16. The molecule has 0 spiro atoms. The molecule has 1 saturated carbocycles. The summed E-state index contributed by atoms with van der Waals surface area (Å²) in [4.78, 5) is 22.9. The Hall–Kier alpha value is -2.12. The Balaban J connectivity index is 2.02. The van der Waals surface area contributed by atoms with Gasteiger partial charge in [0.1, 0.15) is 6.54 Å². The lowest BCUT2D eigenvalue weighted by Gasteiger charge is -2.31. The van der Waals surface area contributed by atoms with E-state index in [1.165, 1.54) is 0 Å². The van der Waals surface area contributed by atoms with Crippen LogP contribution >= 0.6 is 0 Å². The summed E-state index contributed by atoms with van der Waals surface area (Å²) in [6.07, 6.45) is 4.02. The summed E-state index contributed by atoms with van der Waals surface area (Å²) in [6, 6.07) is 0. The summed E-state index contributed by atoms with van der Waals surface area (Å²) in [5, 5.41) is 10.4. The van der Waals surface area contributed by atoms with Crippen LogP contribution in [-0.2, 0) is 11.3 Å². The number of rotatable bonds is 6. The van der Waals surface area contributed by atoms with E-state index < -0.39 is 0 Å². The molecule has 0 atom stereocenters. The molecule has 1 heterocycles. The van der Waals surface area contributed by atoms with Crippen molar-refractivity contribution in [2.75, 3.05) is 27.2 Å². The minimum atomic E-state index is -0.331. The van der Waals surface area contributed by atoms with E-state index in [1.54, 1.807) is 11.8 Å². The maximum atomic E-state index is 12.6.